The molecule has 5 rings (SSSR count). The average Bonchev–Trinajstić information content (AvgIpc) is 3.18. The van der Waals surface area contributed by atoms with Crippen molar-refractivity contribution >= 4 is 28.9 Å². The van der Waals surface area contributed by atoms with Crippen LogP contribution in [0, 0.1) is 0 Å². The Bertz CT molecular complexity index is 1100. The fourth-order valence-electron chi connectivity index (χ4n) is 3.91. The van der Waals surface area contributed by atoms with Gasteiger partial charge in [0.25, 0.3) is 0 Å². The summed E-state index contributed by atoms with van der Waals surface area (Å²) < 4.78 is 11.7. The van der Waals surface area contributed by atoms with Crippen molar-refractivity contribution in [2.45, 2.75) is 18.7 Å². The van der Waals surface area contributed by atoms with E-state index in [0.29, 0.717) is 10.0 Å². The molecule has 0 spiro atoms. The zero-order valence-electron chi connectivity index (χ0n) is 15.7. The molecule has 4 nitrogen and oxygen atoms in total. The van der Waals surface area contributed by atoms with Gasteiger partial charge in [0.1, 0.15) is 11.5 Å². The van der Waals surface area contributed by atoms with Crippen LogP contribution in [0.2, 0.25) is 10.0 Å². The molecule has 0 bridgehead atoms. The van der Waals surface area contributed by atoms with Gasteiger partial charge in [-0.3, -0.25) is 0 Å². The summed E-state index contributed by atoms with van der Waals surface area (Å²) in [6.45, 7) is 0. The highest BCUT2D eigenvalue weighted by molar-refractivity contribution is 6.37. The maximum atomic E-state index is 6.47. The number of hydrazone groups is 1. The summed E-state index contributed by atoms with van der Waals surface area (Å²) >= 11 is 12.5. The zero-order chi connectivity index (χ0) is 20.0. The second kappa shape index (κ2) is 7.29. The maximum Gasteiger partial charge on any atom is 0.213 e. The van der Waals surface area contributed by atoms with Gasteiger partial charge in [-0.2, -0.15) is 5.10 Å². The Morgan fingerprint density at radius 2 is 1.83 bits per heavy atom. The summed E-state index contributed by atoms with van der Waals surface area (Å²) in [5.74, 6) is 1.69. The topological polar surface area (TPSA) is 34.1 Å². The molecule has 6 heteroatoms. The molecule has 2 aliphatic heterocycles. The molecular weight excluding hydrogens is 407 g/mol. The molecule has 2 aliphatic rings. The summed E-state index contributed by atoms with van der Waals surface area (Å²) in [5, 5.41) is 8.18. The van der Waals surface area contributed by atoms with Gasteiger partial charge in [0.05, 0.1) is 23.9 Å². The molecule has 2 atom stereocenters. The molecule has 0 N–H and O–H groups in total. The van der Waals surface area contributed by atoms with Crippen LogP contribution in [0.5, 0.6) is 11.5 Å². The highest BCUT2D eigenvalue weighted by Gasteiger charge is 2.41. The highest BCUT2D eigenvalue weighted by atomic mass is 35.5. The molecule has 0 radical (unpaired) electrons. The quantitative estimate of drug-likeness (QED) is 0.498. The molecule has 0 saturated carbocycles. The van der Waals surface area contributed by atoms with Crippen LogP contribution in [0.25, 0.3) is 0 Å². The minimum absolute atomic E-state index is 0.0776. The third-order valence-corrected chi connectivity index (χ3v) is 5.89. The van der Waals surface area contributed by atoms with E-state index in [-0.39, 0.29) is 12.3 Å². The fourth-order valence-corrected chi connectivity index (χ4v) is 4.43. The number of hydrogen-bond donors (Lipinski definition) is 0. The molecule has 0 saturated heterocycles. The van der Waals surface area contributed by atoms with Crippen molar-refractivity contribution in [1.29, 1.82) is 0 Å². The van der Waals surface area contributed by atoms with Gasteiger partial charge in [-0.05, 0) is 42.5 Å². The minimum Gasteiger partial charge on any atom is -0.497 e. The van der Waals surface area contributed by atoms with E-state index in [1.54, 1.807) is 13.2 Å². The second-order valence-corrected chi connectivity index (χ2v) is 7.90. The van der Waals surface area contributed by atoms with Crippen LogP contribution in [0.4, 0.5) is 0 Å². The zero-order valence-corrected chi connectivity index (χ0v) is 17.2. The SMILES string of the molecule is COc1ccc([C@H]2Oc3ccccc3[C@@H]3CC(c4ccc(Cl)cc4Cl)=NN23)cc1. The number of nitrogens with zero attached hydrogens (tertiary/aromatic N) is 2. The van der Waals surface area contributed by atoms with Crippen LogP contribution in [0.1, 0.15) is 35.4 Å². The number of methoxy groups -OCH3 is 1. The van der Waals surface area contributed by atoms with Crippen LogP contribution in [0.15, 0.2) is 71.8 Å². The molecule has 0 aliphatic carbocycles. The molecule has 2 heterocycles. The highest BCUT2D eigenvalue weighted by Crippen LogP contribution is 2.47. The van der Waals surface area contributed by atoms with Crippen molar-refractivity contribution in [2.75, 3.05) is 7.11 Å². The lowest BCUT2D eigenvalue weighted by molar-refractivity contribution is -0.0190. The predicted molar refractivity (Wildman–Crippen MR) is 115 cm³/mol. The number of rotatable bonds is 3. The maximum absolute atomic E-state index is 6.47. The summed E-state index contributed by atoms with van der Waals surface area (Å²) in [6.07, 6.45) is 0.415. The lowest BCUT2D eigenvalue weighted by Crippen LogP contribution is -2.33. The van der Waals surface area contributed by atoms with E-state index in [0.717, 1.165) is 40.3 Å². The number of halogens is 2. The predicted octanol–water partition coefficient (Wildman–Crippen LogP) is 6.24. The summed E-state index contributed by atoms with van der Waals surface area (Å²) in [5.41, 5.74) is 3.96. The molecule has 0 amide bonds. The molecule has 0 aromatic heterocycles. The van der Waals surface area contributed by atoms with Gasteiger partial charge in [0.2, 0.25) is 6.23 Å². The second-order valence-electron chi connectivity index (χ2n) is 7.05. The van der Waals surface area contributed by atoms with E-state index >= 15 is 0 Å². The molecule has 0 fully saturated rings. The fraction of sp³-hybridized carbons (Fsp3) is 0.174. The van der Waals surface area contributed by atoms with Crippen molar-refractivity contribution in [2.24, 2.45) is 5.10 Å². The normalized spacial score (nSPS) is 19.8. The summed E-state index contributed by atoms with van der Waals surface area (Å²) in [4.78, 5) is 0. The lowest BCUT2D eigenvalue weighted by atomic mass is 9.96. The molecule has 29 heavy (non-hydrogen) atoms. The number of ether oxygens (including phenoxy) is 2. The van der Waals surface area contributed by atoms with E-state index in [4.69, 9.17) is 37.8 Å². The first-order chi connectivity index (χ1) is 14.1. The van der Waals surface area contributed by atoms with Crippen molar-refractivity contribution in [3.63, 3.8) is 0 Å². The largest absolute Gasteiger partial charge is 0.497 e. The van der Waals surface area contributed by atoms with Crippen molar-refractivity contribution in [3.8, 4) is 11.5 Å². The van der Waals surface area contributed by atoms with E-state index < -0.39 is 0 Å². The molecule has 3 aromatic rings. The van der Waals surface area contributed by atoms with Gasteiger partial charge >= 0.3 is 0 Å². The van der Waals surface area contributed by atoms with E-state index in [1.165, 1.54) is 0 Å². The smallest absolute Gasteiger partial charge is 0.213 e. The van der Waals surface area contributed by atoms with E-state index in [1.807, 2.05) is 59.6 Å². The Labute approximate surface area is 179 Å². The van der Waals surface area contributed by atoms with Crippen LogP contribution in [-0.2, 0) is 0 Å². The van der Waals surface area contributed by atoms with Crippen molar-refractivity contribution in [3.05, 3.63) is 93.5 Å². The Balaban J connectivity index is 1.58. The molecule has 0 unspecified atom stereocenters. The van der Waals surface area contributed by atoms with Gasteiger partial charge in [-0.25, -0.2) is 5.01 Å². The van der Waals surface area contributed by atoms with Crippen LogP contribution in [-0.4, -0.2) is 17.8 Å². The third kappa shape index (κ3) is 3.22. The number of benzene rings is 3. The standard InChI is InChI=1S/C23H18Cl2N2O2/c1-28-16-9-6-14(7-10-16)23-27-21(18-4-2-3-5-22(18)29-23)13-20(26-27)17-11-8-15(24)12-19(17)25/h2-12,21,23H,13H2,1H3/t21-,23+/m0/s1. The van der Waals surface area contributed by atoms with Crippen molar-refractivity contribution in [1.82, 2.24) is 5.01 Å². The van der Waals surface area contributed by atoms with Gasteiger partial charge in [-0.1, -0.05) is 47.5 Å². The summed E-state index contributed by atoms with van der Waals surface area (Å²) in [7, 11) is 1.66. The first kappa shape index (κ1) is 18.3. The monoisotopic (exact) mass is 424 g/mol. The molecule has 146 valence electrons. The molecule has 3 aromatic carbocycles. The number of para-hydroxylation sites is 1. The van der Waals surface area contributed by atoms with Gasteiger partial charge in [0.15, 0.2) is 0 Å². The lowest BCUT2D eigenvalue weighted by Gasteiger charge is -2.38. The van der Waals surface area contributed by atoms with E-state index in [2.05, 4.69) is 6.07 Å². The van der Waals surface area contributed by atoms with Crippen LogP contribution < -0.4 is 9.47 Å². The molecular formula is C23H18Cl2N2O2. The third-order valence-electron chi connectivity index (χ3n) is 5.34. The Kier molecular flexibility index (Phi) is 4.61. The first-order valence-electron chi connectivity index (χ1n) is 9.35. The van der Waals surface area contributed by atoms with E-state index in [9.17, 15) is 0 Å². The number of fused-ring (bicyclic) bond motifs is 3. The first-order valence-corrected chi connectivity index (χ1v) is 10.1. The number of hydrogen-bond acceptors (Lipinski definition) is 4. The van der Waals surface area contributed by atoms with Crippen molar-refractivity contribution < 1.29 is 9.47 Å². The Morgan fingerprint density at radius 1 is 1.03 bits per heavy atom. The van der Waals surface area contributed by atoms with Crippen LogP contribution in [0.3, 0.4) is 0 Å². The van der Waals surface area contributed by atoms with Gasteiger partial charge < -0.3 is 9.47 Å². The Morgan fingerprint density at radius 3 is 2.59 bits per heavy atom. The Hall–Kier alpha value is -2.69. The van der Waals surface area contributed by atoms with Crippen LogP contribution >= 0.6 is 23.2 Å². The minimum atomic E-state index is -0.329. The van der Waals surface area contributed by atoms with Gasteiger partial charge in [0, 0.05) is 28.1 Å². The average molecular weight is 425 g/mol. The van der Waals surface area contributed by atoms with Gasteiger partial charge in [-0.15, -0.1) is 0 Å². The summed E-state index contributed by atoms with van der Waals surface area (Å²) in [6, 6.07) is 21.6.